The quantitative estimate of drug-likeness (QED) is 0.644. The third kappa shape index (κ3) is 4.74. The molecule has 0 atom stereocenters. The zero-order valence-electron chi connectivity index (χ0n) is 17.3. The number of anilines is 1. The van der Waals surface area contributed by atoms with Crippen LogP contribution in [0.2, 0.25) is 5.02 Å². The van der Waals surface area contributed by atoms with Crippen LogP contribution in [0.4, 0.5) is 5.82 Å². The first-order valence-corrected chi connectivity index (χ1v) is 11.5. The Morgan fingerprint density at radius 2 is 1.97 bits per heavy atom. The van der Waals surface area contributed by atoms with Gasteiger partial charge in [0.2, 0.25) is 5.91 Å². The Bertz CT molecular complexity index is 1020. The second-order valence-corrected chi connectivity index (χ2v) is 9.17. The Hall–Kier alpha value is -2.22. The summed E-state index contributed by atoms with van der Waals surface area (Å²) in [5.74, 6) is 1.06. The fourth-order valence-electron chi connectivity index (χ4n) is 3.85. The molecule has 3 aromatic rings. The first-order valence-electron chi connectivity index (χ1n) is 10.3. The third-order valence-electron chi connectivity index (χ3n) is 5.21. The van der Waals surface area contributed by atoms with Crippen LogP contribution in [0, 0.1) is 0 Å². The highest BCUT2D eigenvalue weighted by Crippen LogP contribution is 2.38. The lowest BCUT2D eigenvalue weighted by Crippen LogP contribution is -2.41. The molecule has 0 bridgehead atoms. The number of carbonyl (C=O) groups excluding carboxylic acids is 1. The zero-order chi connectivity index (χ0) is 21.1. The van der Waals surface area contributed by atoms with E-state index < -0.39 is 0 Å². The predicted octanol–water partition coefficient (Wildman–Crippen LogP) is 4.05. The molecule has 8 heteroatoms. The molecule has 1 N–H and O–H groups in total. The molecule has 0 saturated carbocycles. The van der Waals surface area contributed by atoms with E-state index in [2.05, 4.69) is 30.5 Å². The first kappa shape index (κ1) is 21.0. The molecule has 1 aliphatic heterocycles. The standard InChI is InChI=1S/C22H26ClN5OS/c1-15(2)26-19(29)12-27-8-3-9-28(11-10-27)21-20-18(13-30-22(20)25-14-24-21)16-4-6-17(23)7-5-16/h4-7,13-15H,3,8-12H2,1-2H3,(H,26,29). The maximum absolute atomic E-state index is 12.2. The zero-order valence-corrected chi connectivity index (χ0v) is 18.8. The SMILES string of the molecule is CC(C)NC(=O)CN1CCCN(c2ncnc3scc(-c4ccc(Cl)cc4)c23)CC1. The number of hydrogen-bond acceptors (Lipinski definition) is 6. The molecule has 2 aromatic heterocycles. The van der Waals surface area contributed by atoms with Gasteiger partial charge in [0.1, 0.15) is 17.0 Å². The number of hydrogen-bond donors (Lipinski definition) is 1. The summed E-state index contributed by atoms with van der Waals surface area (Å²) in [7, 11) is 0. The van der Waals surface area contributed by atoms with Gasteiger partial charge < -0.3 is 10.2 Å². The molecule has 3 heterocycles. The van der Waals surface area contributed by atoms with Gasteiger partial charge in [0, 0.05) is 48.2 Å². The van der Waals surface area contributed by atoms with Crippen LogP contribution in [0.3, 0.4) is 0 Å². The maximum atomic E-state index is 12.2. The van der Waals surface area contributed by atoms with Crippen LogP contribution >= 0.6 is 22.9 Å². The predicted molar refractivity (Wildman–Crippen MR) is 124 cm³/mol. The summed E-state index contributed by atoms with van der Waals surface area (Å²) in [6, 6.07) is 8.07. The van der Waals surface area contributed by atoms with Crippen molar-refractivity contribution in [3.05, 3.63) is 41.0 Å². The molecule has 6 nitrogen and oxygen atoms in total. The summed E-state index contributed by atoms with van der Waals surface area (Å²) in [6.07, 6.45) is 2.64. The van der Waals surface area contributed by atoms with Crippen molar-refractivity contribution in [1.82, 2.24) is 20.2 Å². The van der Waals surface area contributed by atoms with E-state index >= 15 is 0 Å². The van der Waals surface area contributed by atoms with Crippen molar-refractivity contribution in [2.45, 2.75) is 26.3 Å². The number of aromatic nitrogens is 2. The summed E-state index contributed by atoms with van der Waals surface area (Å²) in [5.41, 5.74) is 2.25. The minimum Gasteiger partial charge on any atom is -0.355 e. The Morgan fingerprint density at radius 1 is 1.17 bits per heavy atom. The molecule has 0 spiro atoms. The van der Waals surface area contributed by atoms with Crippen LogP contribution in [-0.4, -0.2) is 59.5 Å². The second kappa shape index (κ2) is 9.29. The number of nitrogens with zero attached hydrogens (tertiary/aromatic N) is 4. The highest BCUT2D eigenvalue weighted by atomic mass is 35.5. The Morgan fingerprint density at radius 3 is 2.73 bits per heavy atom. The summed E-state index contributed by atoms with van der Waals surface area (Å²) in [6.45, 7) is 7.89. The van der Waals surface area contributed by atoms with Crippen molar-refractivity contribution in [1.29, 1.82) is 0 Å². The minimum absolute atomic E-state index is 0.0886. The van der Waals surface area contributed by atoms with E-state index in [0.717, 1.165) is 64.8 Å². The highest BCUT2D eigenvalue weighted by Gasteiger charge is 2.22. The van der Waals surface area contributed by atoms with Gasteiger partial charge in [-0.1, -0.05) is 23.7 Å². The Balaban J connectivity index is 1.57. The van der Waals surface area contributed by atoms with Crippen LogP contribution in [0.15, 0.2) is 36.0 Å². The monoisotopic (exact) mass is 443 g/mol. The molecule has 30 heavy (non-hydrogen) atoms. The topological polar surface area (TPSA) is 61.4 Å². The van der Waals surface area contributed by atoms with E-state index in [4.69, 9.17) is 11.6 Å². The normalized spacial score (nSPS) is 15.5. The number of fused-ring (bicyclic) bond motifs is 1. The lowest BCUT2D eigenvalue weighted by atomic mass is 10.1. The van der Waals surface area contributed by atoms with Gasteiger partial charge >= 0.3 is 0 Å². The van der Waals surface area contributed by atoms with Gasteiger partial charge in [-0.15, -0.1) is 11.3 Å². The minimum atomic E-state index is 0.0886. The maximum Gasteiger partial charge on any atom is 0.234 e. The number of nitrogens with one attached hydrogen (secondary N) is 1. The van der Waals surface area contributed by atoms with Crippen molar-refractivity contribution in [2.75, 3.05) is 37.6 Å². The van der Waals surface area contributed by atoms with Gasteiger partial charge in [-0.3, -0.25) is 9.69 Å². The average molecular weight is 444 g/mol. The molecule has 1 aromatic carbocycles. The van der Waals surface area contributed by atoms with Crippen molar-refractivity contribution in [2.24, 2.45) is 0 Å². The molecule has 1 saturated heterocycles. The van der Waals surface area contributed by atoms with E-state index in [1.165, 1.54) is 0 Å². The molecule has 1 amide bonds. The molecular formula is C22H26ClN5OS. The molecule has 0 unspecified atom stereocenters. The van der Waals surface area contributed by atoms with Crippen LogP contribution < -0.4 is 10.2 Å². The van der Waals surface area contributed by atoms with Crippen molar-refractivity contribution in [3.8, 4) is 11.1 Å². The van der Waals surface area contributed by atoms with Crippen LogP contribution in [0.5, 0.6) is 0 Å². The fraction of sp³-hybridized carbons (Fsp3) is 0.409. The van der Waals surface area contributed by atoms with Crippen molar-refractivity contribution >= 4 is 44.9 Å². The van der Waals surface area contributed by atoms with Gasteiger partial charge in [0.25, 0.3) is 0 Å². The largest absolute Gasteiger partial charge is 0.355 e. The van der Waals surface area contributed by atoms with Crippen LogP contribution in [-0.2, 0) is 4.79 Å². The average Bonchev–Trinajstić information content (AvgIpc) is 3.01. The lowest BCUT2D eigenvalue weighted by Gasteiger charge is -2.23. The van der Waals surface area contributed by atoms with Gasteiger partial charge in [0.05, 0.1) is 11.9 Å². The van der Waals surface area contributed by atoms with Crippen LogP contribution in [0.1, 0.15) is 20.3 Å². The van der Waals surface area contributed by atoms with Gasteiger partial charge in [-0.2, -0.15) is 0 Å². The summed E-state index contributed by atoms with van der Waals surface area (Å²) >= 11 is 7.71. The molecule has 1 aliphatic rings. The van der Waals surface area contributed by atoms with Gasteiger partial charge in [-0.05, 0) is 38.0 Å². The van der Waals surface area contributed by atoms with E-state index in [-0.39, 0.29) is 11.9 Å². The summed E-state index contributed by atoms with van der Waals surface area (Å²) in [5, 5.41) is 6.95. The number of amides is 1. The fourth-order valence-corrected chi connectivity index (χ4v) is 4.89. The summed E-state index contributed by atoms with van der Waals surface area (Å²) < 4.78 is 0. The first-order chi connectivity index (χ1) is 14.5. The highest BCUT2D eigenvalue weighted by molar-refractivity contribution is 7.17. The van der Waals surface area contributed by atoms with E-state index in [1.54, 1.807) is 17.7 Å². The van der Waals surface area contributed by atoms with E-state index in [0.29, 0.717) is 6.54 Å². The van der Waals surface area contributed by atoms with E-state index in [1.807, 2.05) is 38.1 Å². The molecule has 158 valence electrons. The third-order valence-corrected chi connectivity index (χ3v) is 6.35. The number of carbonyl (C=O) groups is 1. The second-order valence-electron chi connectivity index (χ2n) is 7.87. The smallest absolute Gasteiger partial charge is 0.234 e. The van der Waals surface area contributed by atoms with Crippen LogP contribution in [0.25, 0.3) is 21.3 Å². The molecule has 1 fully saturated rings. The van der Waals surface area contributed by atoms with Gasteiger partial charge in [0.15, 0.2) is 0 Å². The van der Waals surface area contributed by atoms with Gasteiger partial charge in [-0.25, -0.2) is 9.97 Å². The molecule has 4 rings (SSSR count). The number of halogens is 1. The summed E-state index contributed by atoms with van der Waals surface area (Å²) in [4.78, 5) is 26.9. The lowest BCUT2D eigenvalue weighted by molar-refractivity contribution is -0.122. The number of rotatable bonds is 5. The van der Waals surface area contributed by atoms with Crippen molar-refractivity contribution < 1.29 is 4.79 Å². The number of thiophene rings is 1. The molecule has 0 radical (unpaired) electrons. The molecular weight excluding hydrogens is 418 g/mol. The van der Waals surface area contributed by atoms with E-state index in [9.17, 15) is 4.79 Å². The molecule has 0 aliphatic carbocycles. The Labute approximate surface area is 185 Å². The Kier molecular flexibility index (Phi) is 6.51. The van der Waals surface area contributed by atoms with Crippen molar-refractivity contribution in [3.63, 3.8) is 0 Å². The number of benzene rings is 1.